The number of amides is 1. The molecule has 0 aromatic heterocycles. The van der Waals surface area contributed by atoms with Crippen molar-refractivity contribution in [3.8, 4) is 0 Å². The minimum atomic E-state index is -0.0970. The van der Waals surface area contributed by atoms with Crippen LogP contribution in [-0.4, -0.2) is 38.6 Å². The number of carbonyl (C=O) groups is 2. The van der Waals surface area contributed by atoms with Gasteiger partial charge in [-0.15, -0.1) is 0 Å². The molecule has 1 aromatic carbocycles. The van der Waals surface area contributed by atoms with Crippen molar-refractivity contribution in [2.24, 2.45) is 0 Å². The van der Waals surface area contributed by atoms with Crippen molar-refractivity contribution in [2.45, 2.75) is 6.42 Å². The van der Waals surface area contributed by atoms with Crippen LogP contribution in [0.4, 0.5) is 5.69 Å². The van der Waals surface area contributed by atoms with Crippen molar-refractivity contribution in [3.63, 3.8) is 0 Å². The standard InChI is InChI=1S/C11H12NO2SSe/c1-15-7-6-10(13)12-9-4-2-8(3-5-9)11(14)16/h2-5H,6-7H2,1H3,(H,12,13). The minimum absolute atomic E-state index is 0.00325. The van der Waals surface area contributed by atoms with Gasteiger partial charge in [0.2, 0.25) is 0 Å². The summed E-state index contributed by atoms with van der Waals surface area (Å²) in [6.45, 7) is 0. The van der Waals surface area contributed by atoms with E-state index in [4.69, 9.17) is 0 Å². The number of nitrogens with one attached hydrogen (secondary N) is 1. The molecule has 1 radical (unpaired) electrons. The van der Waals surface area contributed by atoms with Crippen LogP contribution in [0.5, 0.6) is 0 Å². The number of anilines is 1. The van der Waals surface area contributed by atoms with E-state index in [2.05, 4.69) is 21.3 Å². The molecular weight excluding hydrogens is 289 g/mol. The normalized spacial score (nSPS) is 9.81. The zero-order chi connectivity index (χ0) is 12.0. The number of hydrogen-bond donors (Lipinski definition) is 1. The first-order valence-electron chi connectivity index (χ1n) is 4.73. The van der Waals surface area contributed by atoms with Crippen molar-refractivity contribution < 1.29 is 9.59 Å². The van der Waals surface area contributed by atoms with Gasteiger partial charge in [-0.05, 0) is 0 Å². The van der Waals surface area contributed by atoms with Gasteiger partial charge >= 0.3 is 107 Å². The molecule has 0 aliphatic carbocycles. The fraction of sp³-hybridized carbons (Fsp3) is 0.273. The predicted octanol–water partition coefficient (Wildman–Crippen LogP) is 1.69. The van der Waals surface area contributed by atoms with Crippen LogP contribution in [0.25, 0.3) is 0 Å². The number of carbonyl (C=O) groups excluding carboxylic acids is 2. The van der Waals surface area contributed by atoms with Crippen LogP contribution in [0.15, 0.2) is 24.3 Å². The van der Waals surface area contributed by atoms with E-state index in [0.717, 1.165) is 11.4 Å². The summed E-state index contributed by atoms with van der Waals surface area (Å²) in [6, 6.07) is 6.81. The Morgan fingerprint density at radius 3 is 2.44 bits per heavy atom. The molecule has 0 fully saturated rings. The van der Waals surface area contributed by atoms with Crippen LogP contribution in [-0.2, 0) is 4.79 Å². The topological polar surface area (TPSA) is 46.2 Å². The van der Waals surface area contributed by atoms with Gasteiger partial charge in [-0.3, -0.25) is 0 Å². The fourth-order valence-corrected chi connectivity index (χ4v) is 1.78. The monoisotopic (exact) mass is 302 g/mol. The van der Waals surface area contributed by atoms with Crippen LogP contribution in [0, 0.1) is 0 Å². The molecule has 1 rings (SSSR count). The van der Waals surface area contributed by atoms with E-state index in [1.807, 2.05) is 6.26 Å². The van der Waals surface area contributed by atoms with Gasteiger partial charge in [-0.25, -0.2) is 0 Å². The summed E-state index contributed by atoms with van der Waals surface area (Å²) >= 11 is 4.05. The zero-order valence-corrected chi connectivity index (χ0v) is 11.4. The average molecular weight is 301 g/mol. The first-order chi connectivity index (χ1) is 7.63. The Labute approximate surface area is 107 Å². The Morgan fingerprint density at radius 2 is 1.94 bits per heavy atom. The van der Waals surface area contributed by atoms with Gasteiger partial charge < -0.3 is 0 Å². The number of hydrogen-bond acceptors (Lipinski definition) is 3. The molecule has 16 heavy (non-hydrogen) atoms. The first kappa shape index (κ1) is 13.3. The molecule has 1 N–H and O–H groups in total. The van der Waals surface area contributed by atoms with E-state index in [1.165, 1.54) is 0 Å². The molecule has 3 nitrogen and oxygen atoms in total. The van der Waals surface area contributed by atoms with E-state index in [0.29, 0.717) is 12.0 Å². The maximum absolute atomic E-state index is 11.4. The van der Waals surface area contributed by atoms with E-state index in [1.54, 1.807) is 36.0 Å². The third kappa shape index (κ3) is 4.39. The summed E-state index contributed by atoms with van der Waals surface area (Å²) in [7, 11) is 0. The molecule has 85 valence electrons. The SMILES string of the molecule is CSCCC(=O)Nc1ccc(C(=O)[Se])cc1. The number of thioether (sulfide) groups is 1. The molecular formula is C11H12NO2SSe. The first-order valence-corrected chi connectivity index (χ1v) is 6.98. The molecule has 0 bridgehead atoms. The Hall–Kier alpha value is -0.771. The molecule has 5 heteroatoms. The average Bonchev–Trinajstić information content (AvgIpc) is 2.27. The Bertz CT molecular complexity index is 378. The molecule has 0 aliphatic heterocycles. The molecule has 0 aliphatic rings. The van der Waals surface area contributed by atoms with Gasteiger partial charge in [0.15, 0.2) is 0 Å². The van der Waals surface area contributed by atoms with Gasteiger partial charge in [0.05, 0.1) is 0 Å². The van der Waals surface area contributed by atoms with E-state index >= 15 is 0 Å². The third-order valence-corrected chi connectivity index (χ3v) is 3.04. The van der Waals surface area contributed by atoms with Crippen molar-refractivity contribution in [2.75, 3.05) is 17.3 Å². The quantitative estimate of drug-likeness (QED) is 0.842. The van der Waals surface area contributed by atoms with Crippen LogP contribution >= 0.6 is 11.8 Å². The summed E-state index contributed by atoms with van der Waals surface area (Å²) in [4.78, 5) is 22.4. The third-order valence-electron chi connectivity index (χ3n) is 1.94. The number of benzene rings is 1. The fourth-order valence-electron chi connectivity index (χ4n) is 1.11. The van der Waals surface area contributed by atoms with Crippen LogP contribution in [0.1, 0.15) is 16.8 Å². The summed E-state index contributed by atoms with van der Waals surface area (Å²) in [6.07, 6.45) is 2.47. The molecule has 0 heterocycles. The van der Waals surface area contributed by atoms with Crippen LogP contribution in [0.3, 0.4) is 0 Å². The molecule has 0 unspecified atom stereocenters. The van der Waals surface area contributed by atoms with Crippen molar-refractivity contribution in [3.05, 3.63) is 29.8 Å². The summed E-state index contributed by atoms with van der Waals surface area (Å²) in [5.74, 6) is 0.809. The van der Waals surface area contributed by atoms with E-state index < -0.39 is 0 Å². The van der Waals surface area contributed by atoms with Gasteiger partial charge in [0.1, 0.15) is 0 Å². The summed E-state index contributed by atoms with van der Waals surface area (Å²) in [5.41, 5.74) is 1.32. The van der Waals surface area contributed by atoms with Gasteiger partial charge in [-0.1, -0.05) is 0 Å². The van der Waals surface area contributed by atoms with E-state index in [-0.39, 0.29) is 10.6 Å². The zero-order valence-electron chi connectivity index (χ0n) is 8.86. The molecule has 0 saturated heterocycles. The second-order valence-corrected chi connectivity index (χ2v) is 4.92. The van der Waals surface area contributed by atoms with Gasteiger partial charge in [-0.2, -0.15) is 0 Å². The summed E-state index contributed by atoms with van der Waals surface area (Å²) in [5, 5.41) is 2.77. The molecule has 0 saturated carbocycles. The van der Waals surface area contributed by atoms with Crippen molar-refractivity contribution >= 4 is 44.1 Å². The van der Waals surface area contributed by atoms with Gasteiger partial charge in [0, 0.05) is 0 Å². The predicted molar refractivity (Wildman–Crippen MR) is 68.2 cm³/mol. The maximum atomic E-state index is 11.4. The second-order valence-electron chi connectivity index (χ2n) is 3.16. The summed E-state index contributed by atoms with van der Waals surface area (Å²) < 4.78 is -0.0970. The second kappa shape index (κ2) is 6.74. The Kier molecular flexibility index (Phi) is 5.60. The number of rotatable bonds is 5. The Morgan fingerprint density at radius 1 is 1.31 bits per heavy atom. The molecule has 0 atom stereocenters. The molecule has 1 aromatic rings. The van der Waals surface area contributed by atoms with Crippen molar-refractivity contribution in [1.29, 1.82) is 0 Å². The van der Waals surface area contributed by atoms with Crippen LogP contribution < -0.4 is 5.32 Å². The molecule has 1 amide bonds. The van der Waals surface area contributed by atoms with Crippen molar-refractivity contribution in [1.82, 2.24) is 0 Å². The van der Waals surface area contributed by atoms with Gasteiger partial charge in [0.25, 0.3) is 0 Å². The molecule has 0 spiro atoms. The Balaban J connectivity index is 2.55. The van der Waals surface area contributed by atoms with E-state index in [9.17, 15) is 9.59 Å². The van der Waals surface area contributed by atoms with Crippen LogP contribution in [0.2, 0.25) is 0 Å².